The van der Waals surface area contributed by atoms with Crippen molar-refractivity contribution in [1.29, 1.82) is 0 Å². The number of rotatable bonds is 0. The van der Waals surface area contributed by atoms with Gasteiger partial charge in [-0.1, -0.05) is 30.3 Å². The van der Waals surface area contributed by atoms with Gasteiger partial charge >= 0.3 is 0 Å². The quantitative estimate of drug-likeness (QED) is 0.132. The molecule has 15 heteroatoms. The van der Waals surface area contributed by atoms with E-state index in [0.717, 1.165) is 79.6 Å². The van der Waals surface area contributed by atoms with Gasteiger partial charge in [0.05, 0.1) is 34.2 Å². The standard InChI is InChI=1S/C8H9F.C7H8FN.2C7H9N.5C6H8N2/c1-6-3-4-7(2)8(9)5-6;1-5-3-4-6(2)9-7(5)8;2*1-6-3-4-7(2)8-5-6;2*1-5-3-8-6(2)4-7-5;2*1-5-3-7-6(2)8-4-5;1-5-3-4-6(2)8-7-5/h3-5H,1-2H3;3-4H,1-2H3;2*3-5H,1-2H3;5*3-4H,1-2H3. The maximum Gasteiger partial charge on any atom is 0.215 e. The lowest BCUT2D eigenvalue weighted by Gasteiger charge is -1.94. The molecule has 8 heterocycles. The average molecular weight is 1000 g/mol. The molecule has 0 bridgehead atoms. The lowest BCUT2D eigenvalue weighted by atomic mass is 10.2. The van der Waals surface area contributed by atoms with Gasteiger partial charge in [-0.05, 0) is 194 Å². The third-order valence-corrected chi connectivity index (χ3v) is 9.19. The van der Waals surface area contributed by atoms with Crippen LogP contribution in [0.1, 0.15) is 102 Å². The number of halogens is 2. The molecule has 0 fully saturated rings. The van der Waals surface area contributed by atoms with E-state index in [1.807, 2.05) is 171 Å². The Morgan fingerprint density at radius 3 is 0.797 bits per heavy atom. The number of pyridine rings is 3. The number of benzene rings is 1. The molecule has 0 N–H and O–H groups in total. The normalized spacial score (nSPS) is 9.35. The minimum absolute atomic E-state index is 0.116. The molecule has 0 aliphatic rings. The summed E-state index contributed by atoms with van der Waals surface area (Å²) < 4.78 is 25.0. The van der Waals surface area contributed by atoms with E-state index < -0.39 is 0 Å². The third kappa shape index (κ3) is 32.7. The van der Waals surface area contributed by atoms with E-state index in [1.165, 1.54) is 17.2 Å². The fourth-order valence-electron chi connectivity index (χ4n) is 4.67. The van der Waals surface area contributed by atoms with Crippen molar-refractivity contribution in [2.24, 2.45) is 0 Å². The molecule has 0 radical (unpaired) electrons. The number of aryl methyl sites for hydroxylation is 18. The first-order chi connectivity index (χ1) is 34.9. The predicted octanol–water partition coefficient (Wildman–Crippen LogP) is 13.1. The largest absolute Gasteiger partial charge is 0.261 e. The Morgan fingerprint density at radius 1 is 0.257 bits per heavy atom. The molecule has 0 saturated heterocycles. The van der Waals surface area contributed by atoms with Crippen LogP contribution < -0.4 is 0 Å². The Hall–Kier alpha value is -8.07. The van der Waals surface area contributed by atoms with Crippen LogP contribution in [0, 0.1) is 136 Å². The maximum atomic E-state index is 12.6. The molecule has 390 valence electrons. The van der Waals surface area contributed by atoms with Gasteiger partial charge in [0, 0.05) is 84.6 Å². The summed E-state index contributed by atoms with van der Waals surface area (Å²) in [5.74, 6) is 1.18. The molecule has 9 rings (SSSR count). The summed E-state index contributed by atoms with van der Waals surface area (Å²) in [6, 6.07) is 20.8. The van der Waals surface area contributed by atoms with Crippen molar-refractivity contribution >= 4 is 0 Å². The van der Waals surface area contributed by atoms with Crippen LogP contribution >= 0.6 is 0 Å². The van der Waals surface area contributed by atoms with E-state index in [0.29, 0.717) is 11.1 Å². The molecular formula is C59H75F2N13. The van der Waals surface area contributed by atoms with Crippen molar-refractivity contribution in [2.45, 2.75) is 125 Å². The molecule has 0 aliphatic heterocycles. The average Bonchev–Trinajstić information content (AvgIpc) is 3.37. The molecule has 74 heavy (non-hydrogen) atoms. The van der Waals surface area contributed by atoms with E-state index in [-0.39, 0.29) is 11.8 Å². The van der Waals surface area contributed by atoms with Gasteiger partial charge in [-0.3, -0.25) is 29.9 Å². The molecule has 8 aromatic heterocycles. The Labute approximate surface area is 439 Å². The highest BCUT2D eigenvalue weighted by Gasteiger charge is 1.96. The molecule has 13 nitrogen and oxygen atoms in total. The highest BCUT2D eigenvalue weighted by Crippen LogP contribution is 2.07. The van der Waals surface area contributed by atoms with Crippen LogP contribution in [0.5, 0.6) is 0 Å². The predicted molar refractivity (Wildman–Crippen MR) is 294 cm³/mol. The topological polar surface area (TPSA) is 168 Å². The van der Waals surface area contributed by atoms with E-state index in [9.17, 15) is 8.78 Å². The number of aromatic nitrogens is 13. The summed E-state index contributed by atoms with van der Waals surface area (Å²) in [6.07, 6.45) is 18.0. The number of hydrogen-bond acceptors (Lipinski definition) is 13. The maximum absolute atomic E-state index is 12.6. The highest BCUT2D eigenvalue weighted by molar-refractivity contribution is 5.22. The first-order valence-corrected chi connectivity index (χ1v) is 23.8. The van der Waals surface area contributed by atoms with Crippen molar-refractivity contribution in [1.82, 2.24) is 65.0 Å². The van der Waals surface area contributed by atoms with Crippen molar-refractivity contribution in [3.8, 4) is 0 Å². The van der Waals surface area contributed by atoms with Crippen LogP contribution in [0.15, 0.2) is 129 Å². The fourth-order valence-corrected chi connectivity index (χ4v) is 4.67. The Bertz CT molecular complexity index is 2260. The molecule has 9 aromatic rings. The van der Waals surface area contributed by atoms with Gasteiger partial charge in [0.1, 0.15) is 17.5 Å². The van der Waals surface area contributed by atoms with Crippen molar-refractivity contribution < 1.29 is 8.78 Å². The van der Waals surface area contributed by atoms with Crippen LogP contribution in [-0.2, 0) is 0 Å². The minimum atomic E-state index is -0.366. The summed E-state index contributed by atoms with van der Waals surface area (Å²) >= 11 is 0. The molecule has 0 unspecified atom stereocenters. The first kappa shape index (κ1) is 63.9. The highest BCUT2D eigenvalue weighted by atomic mass is 19.1. The lowest BCUT2D eigenvalue weighted by molar-refractivity contribution is 0.571. The van der Waals surface area contributed by atoms with E-state index >= 15 is 0 Å². The van der Waals surface area contributed by atoms with Gasteiger partial charge in [0.25, 0.3) is 0 Å². The smallest absolute Gasteiger partial charge is 0.215 e. The van der Waals surface area contributed by atoms with Crippen LogP contribution in [0.25, 0.3) is 0 Å². The number of hydrogen-bond donors (Lipinski definition) is 0. The van der Waals surface area contributed by atoms with Crippen LogP contribution in [0.2, 0.25) is 0 Å². The van der Waals surface area contributed by atoms with Gasteiger partial charge in [-0.15, -0.1) is 0 Å². The summed E-state index contributed by atoms with van der Waals surface area (Å²) in [7, 11) is 0. The molecule has 1 aromatic carbocycles. The van der Waals surface area contributed by atoms with E-state index in [2.05, 4.69) is 77.2 Å². The zero-order chi connectivity index (χ0) is 55.6. The van der Waals surface area contributed by atoms with Crippen molar-refractivity contribution in [3.63, 3.8) is 0 Å². The Balaban J connectivity index is 0.000000416. The molecule has 0 atom stereocenters. The second-order valence-corrected chi connectivity index (χ2v) is 17.3. The van der Waals surface area contributed by atoms with Crippen LogP contribution in [-0.4, -0.2) is 65.0 Å². The molecule has 0 aliphatic carbocycles. The van der Waals surface area contributed by atoms with Gasteiger partial charge in [-0.2, -0.15) is 14.6 Å². The van der Waals surface area contributed by atoms with Crippen LogP contribution in [0.3, 0.4) is 0 Å². The van der Waals surface area contributed by atoms with Crippen molar-refractivity contribution in [2.75, 3.05) is 0 Å². The Kier molecular flexibility index (Phi) is 31.1. The van der Waals surface area contributed by atoms with Gasteiger partial charge in [0.2, 0.25) is 5.95 Å². The molecule has 0 amide bonds. The zero-order valence-corrected chi connectivity index (χ0v) is 46.7. The van der Waals surface area contributed by atoms with E-state index in [1.54, 1.807) is 63.8 Å². The Morgan fingerprint density at radius 2 is 0.554 bits per heavy atom. The monoisotopic (exact) mass is 1000 g/mol. The minimum Gasteiger partial charge on any atom is -0.261 e. The second-order valence-electron chi connectivity index (χ2n) is 17.3. The van der Waals surface area contributed by atoms with Gasteiger partial charge in [0.15, 0.2) is 0 Å². The van der Waals surface area contributed by atoms with Crippen LogP contribution in [0.4, 0.5) is 8.78 Å². The zero-order valence-electron chi connectivity index (χ0n) is 46.7. The molecule has 0 spiro atoms. The SMILES string of the molecule is Cc1ccc(C)c(F)c1.Cc1ccc(C)c(F)n1.Cc1ccc(C)nc1.Cc1ccc(C)nc1.Cc1ccc(C)nn1.Cc1cnc(C)cn1.Cc1cnc(C)cn1.Cc1cnc(C)nc1.Cc1cnc(C)nc1. The number of nitrogens with zero attached hydrogens (tertiary/aromatic N) is 13. The molecular weight excluding hydrogens is 929 g/mol. The lowest BCUT2D eigenvalue weighted by Crippen LogP contribution is -1.88. The molecule has 0 saturated carbocycles. The second kappa shape index (κ2) is 35.9. The van der Waals surface area contributed by atoms with Crippen molar-refractivity contribution in [3.05, 3.63) is 242 Å². The van der Waals surface area contributed by atoms with Gasteiger partial charge in [-0.25, -0.2) is 29.3 Å². The van der Waals surface area contributed by atoms with E-state index in [4.69, 9.17) is 0 Å². The fraction of sp³-hybridized carbons (Fsp3) is 0.305. The third-order valence-electron chi connectivity index (χ3n) is 9.19. The first-order valence-electron chi connectivity index (χ1n) is 23.8. The van der Waals surface area contributed by atoms with Gasteiger partial charge < -0.3 is 0 Å². The summed E-state index contributed by atoms with van der Waals surface area (Å²) in [5, 5.41) is 7.66. The summed E-state index contributed by atoms with van der Waals surface area (Å²) in [4.78, 5) is 43.7. The summed E-state index contributed by atoms with van der Waals surface area (Å²) in [5.41, 5.74) is 15.6. The summed E-state index contributed by atoms with van der Waals surface area (Å²) in [6.45, 7) is 34.4.